The molecule has 3 atom stereocenters. The molecule has 0 unspecified atom stereocenters. The fraction of sp³-hybridized carbons (Fsp3) is 0.414. The first-order valence-corrected chi connectivity index (χ1v) is 12.1. The zero-order chi connectivity index (χ0) is 22.0. The fourth-order valence-corrected chi connectivity index (χ4v) is 5.85. The second kappa shape index (κ2) is 9.17. The van der Waals surface area contributed by atoms with E-state index in [0.29, 0.717) is 11.8 Å². The summed E-state index contributed by atoms with van der Waals surface area (Å²) in [4.78, 5) is 6.87. The summed E-state index contributed by atoms with van der Waals surface area (Å²) < 4.78 is 0. The molecular formula is C29H34N2O. The number of aryl methyl sites for hydroxylation is 1. The van der Waals surface area contributed by atoms with Gasteiger partial charge in [-0.1, -0.05) is 54.6 Å². The molecule has 1 aromatic heterocycles. The van der Waals surface area contributed by atoms with Crippen molar-refractivity contribution in [1.82, 2.24) is 9.88 Å². The van der Waals surface area contributed by atoms with Crippen molar-refractivity contribution in [2.24, 2.45) is 11.8 Å². The fourth-order valence-electron chi connectivity index (χ4n) is 5.85. The molecule has 0 spiro atoms. The van der Waals surface area contributed by atoms with Crippen LogP contribution in [0.5, 0.6) is 0 Å². The highest BCUT2D eigenvalue weighted by Gasteiger charge is 2.46. The van der Waals surface area contributed by atoms with Crippen LogP contribution in [-0.4, -0.2) is 40.7 Å². The Bertz CT molecular complexity index is 1090. The normalized spacial score (nSPS) is 24.8. The molecule has 3 aromatic rings. The molecule has 32 heavy (non-hydrogen) atoms. The SMILES string of the molecule is CN(CCCc1ccnc2ccccc12)CC[C@]1(O)C[C@H]2CC[C@@H]1C=C2c1ccccc1. The Labute approximate surface area is 191 Å². The highest BCUT2D eigenvalue weighted by molar-refractivity contribution is 5.81. The molecule has 3 nitrogen and oxygen atoms in total. The maximum atomic E-state index is 11.5. The molecule has 1 fully saturated rings. The van der Waals surface area contributed by atoms with Gasteiger partial charge in [-0.15, -0.1) is 0 Å². The van der Waals surface area contributed by atoms with Crippen LogP contribution in [0.3, 0.4) is 0 Å². The van der Waals surface area contributed by atoms with E-state index in [-0.39, 0.29) is 0 Å². The third-order valence-electron chi connectivity index (χ3n) is 7.70. The smallest absolute Gasteiger partial charge is 0.0728 e. The van der Waals surface area contributed by atoms with Crippen molar-refractivity contribution >= 4 is 16.5 Å². The zero-order valence-corrected chi connectivity index (χ0v) is 19.1. The van der Waals surface area contributed by atoms with Gasteiger partial charge in [0.25, 0.3) is 0 Å². The molecule has 3 heteroatoms. The summed E-state index contributed by atoms with van der Waals surface area (Å²) in [5, 5.41) is 12.8. The van der Waals surface area contributed by atoms with Crippen molar-refractivity contribution < 1.29 is 5.11 Å². The van der Waals surface area contributed by atoms with Crippen molar-refractivity contribution in [3.05, 3.63) is 84.1 Å². The standard InChI is InChI=1S/C29H34N2O/c1-31(18-7-10-23-15-17-30-28-12-6-5-11-26(23)28)19-16-29(32)21-24-13-14-25(29)20-27(24)22-8-3-2-4-9-22/h2-6,8-9,11-12,15,17,20,24-25,32H,7,10,13-14,16,18-19,21H2,1H3/t24-,25-,29+/m1/s1. The highest BCUT2D eigenvalue weighted by Crippen LogP contribution is 2.51. The van der Waals surface area contributed by atoms with Gasteiger partial charge in [0.05, 0.1) is 11.1 Å². The average molecular weight is 427 g/mol. The number of para-hydroxylation sites is 1. The molecule has 6 rings (SSSR count). The van der Waals surface area contributed by atoms with E-state index in [1.54, 1.807) is 0 Å². The Hall–Kier alpha value is -2.49. The van der Waals surface area contributed by atoms with Crippen LogP contribution in [0, 0.1) is 11.8 Å². The molecule has 1 heterocycles. The molecule has 0 saturated heterocycles. The van der Waals surface area contributed by atoms with E-state index in [1.807, 2.05) is 12.3 Å². The molecule has 1 saturated carbocycles. The quantitative estimate of drug-likeness (QED) is 0.499. The summed E-state index contributed by atoms with van der Waals surface area (Å²) in [6.07, 6.45) is 10.6. The lowest BCUT2D eigenvalue weighted by atomic mass is 9.61. The number of fused-ring (bicyclic) bond motifs is 3. The number of hydrogen-bond acceptors (Lipinski definition) is 3. The molecule has 0 aliphatic heterocycles. The topological polar surface area (TPSA) is 36.4 Å². The zero-order valence-electron chi connectivity index (χ0n) is 19.1. The highest BCUT2D eigenvalue weighted by atomic mass is 16.3. The molecule has 1 N–H and O–H groups in total. The Morgan fingerprint density at radius 2 is 1.81 bits per heavy atom. The molecular weight excluding hydrogens is 392 g/mol. The summed E-state index contributed by atoms with van der Waals surface area (Å²) >= 11 is 0. The second-order valence-electron chi connectivity index (χ2n) is 9.82. The second-order valence-corrected chi connectivity index (χ2v) is 9.82. The largest absolute Gasteiger partial charge is 0.389 e. The summed E-state index contributed by atoms with van der Waals surface area (Å²) in [5.41, 5.74) is 4.72. The third kappa shape index (κ3) is 4.37. The van der Waals surface area contributed by atoms with E-state index in [9.17, 15) is 5.11 Å². The van der Waals surface area contributed by atoms with Crippen molar-refractivity contribution in [3.63, 3.8) is 0 Å². The molecule has 2 aromatic carbocycles. The van der Waals surface area contributed by atoms with Crippen LogP contribution in [0.25, 0.3) is 16.5 Å². The molecule has 166 valence electrons. The molecule has 2 bridgehead atoms. The van der Waals surface area contributed by atoms with Crippen LogP contribution < -0.4 is 0 Å². The van der Waals surface area contributed by atoms with E-state index in [4.69, 9.17) is 0 Å². The number of aliphatic hydroxyl groups is 1. The van der Waals surface area contributed by atoms with Crippen LogP contribution in [0.15, 0.2) is 72.9 Å². The number of hydrogen-bond donors (Lipinski definition) is 1. The van der Waals surface area contributed by atoms with E-state index in [2.05, 4.69) is 77.6 Å². The Morgan fingerprint density at radius 1 is 1.00 bits per heavy atom. The first kappa shape index (κ1) is 21.4. The lowest BCUT2D eigenvalue weighted by Gasteiger charge is -2.48. The van der Waals surface area contributed by atoms with E-state index >= 15 is 0 Å². The van der Waals surface area contributed by atoms with Gasteiger partial charge in [0.15, 0.2) is 0 Å². The number of benzene rings is 2. The van der Waals surface area contributed by atoms with Crippen LogP contribution in [0.1, 0.15) is 43.2 Å². The minimum atomic E-state index is -0.545. The summed E-state index contributed by atoms with van der Waals surface area (Å²) in [7, 11) is 2.19. The van der Waals surface area contributed by atoms with Gasteiger partial charge in [-0.25, -0.2) is 0 Å². The van der Waals surface area contributed by atoms with E-state index < -0.39 is 5.60 Å². The lowest BCUT2D eigenvalue weighted by molar-refractivity contribution is -0.0574. The summed E-state index contributed by atoms with van der Waals surface area (Å²) in [6, 6.07) is 21.3. The molecule has 0 radical (unpaired) electrons. The van der Waals surface area contributed by atoms with Crippen LogP contribution >= 0.6 is 0 Å². The Balaban J connectivity index is 1.15. The van der Waals surface area contributed by atoms with Gasteiger partial charge in [-0.05, 0) is 86.9 Å². The number of pyridine rings is 1. The molecule has 3 aliphatic rings. The van der Waals surface area contributed by atoms with Gasteiger partial charge in [-0.3, -0.25) is 4.98 Å². The van der Waals surface area contributed by atoms with E-state index in [0.717, 1.165) is 50.7 Å². The van der Waals surface area contributed by atoms with Crippen molar-refractivity contribution in [2.75, 3.05) is 20.1 Å². The Kier molecular flexibility index (Phi) is 6.12. The van der Waals surface area contributed by atoms with Crippen molar-refractivity contribution in [1.29, 1.82) is 0 Å². The van der Waals surface area contributed by atoms with Crippen molar-refractivity contribution in [3.8, 4) is 0 Å². The van der Waals surface area contributed by atoms with Gasteiger partial charge >= 0.3 is 0 Å². The lowest BCUT2D eigenvalue weighted by Crippen LogP contribution is -2.48. The van der Waals surface area contributed by atoms with Gasteiger partial charge < -0.3 is 10.0 Å². The predicted molar refractivity (Wildman–Crippen MR) is 132 cm³/mol. The molecule has 0 amide bonds. The number of allylic oxidation sites excluding steroid dienone is 1. The predicted octanol–water partition coefficient (Wildman–Crippen LogP) is 5.73. The van der Waals surface area contributed by atoms with Crippen LogP contribution in [0.4, 0.5) is 0 Å². The van der Waals surface area contributed by atoms with Gasteiger partial charge in [0, 0.05) is 24.0 Å². The third-order valence-corrected chi connectivity index (χ3v) is 7.70. The van der Waals surface area contributed by atoms with Gasteiger partial charge in [0.2, 0.25) is 0 Å². The Morgan fingerprint density at radius 3 is 2.62 bits per heavy atom. The number of rotatable bonds is 8. The minimum Gasteiger partial charge on any atom is -0.389 e. The maximum Gasteiger partial charge on any atom is 0.0728 e. The summed E-state index contributed by atoms with van der Waals surface area (Å²) in [5.74, 6) is 0.789. The molecule has 3 aliphatic carbocycles. The average Bonchev–Trinajstić information content (AvgIpc) is 2.84. The van der Waals surface area contributed by atoms with Gasteiger partial charge in [-0.2, -0.15) is 0 Å². The monoisotopic (exact) mass is 426 g/mol. The van der Waals surface area contributed by atoms with Gasteiger partial charge in [0.1, 0.15) is 0 Å². The first-order chi connectivity index (χ1) is 15.6. The van der Waals surface area contributed by atoms with Crippen LogP contribution in [-0.2, 0) is 6.42 Å². The van der Waals surface area contributed by atoms with Crippen LogP contribution in [0.2, 0.25) is 0 Å². The first-order valence-electron chi connectivity index (χ1n) is 12.1. The minimum absolute atomic E-state index is 0.291. The van der Waals surface area contributed by atoms with Crippen molar-refractivity contribution in [2.45, 2.75) is 44.1 Å². The maximum absolute atomic E-state index is 11.5. The van der Waals surface area contributed by atoms with E-state index in [1.165, 1.54) is 28.5 Å². The number of aromatic nitrogens is 1. The number of nitrogens with zero attached hydrogens (tertiary/aromatic N) is 2. The summed E-state index contributed by atoms with van der Waals surface area (Å²) in [6.45, 7) is 2.00.